The van der Waals surface area contributed by atoms with Gasteiger partial charge in [-0.1, -0.05) is 40.7 Å². The lowest BCUT2D eigenvalue weighted by Gasteiger charge is -2.32. The van der Waals surface area contributed by atoms with Crippen molar-refractivity contribution < 1.29 is 4.74 Å². The van der Waals surface area contributed by atoms with Gasteiger partial charge in [-0.2, -0.15) is 0 Å². The molecule has 0 N–H and O–H groups in total. The normalized spacial score (nSPS) is 23.6. The van der Waals surface area contributed by atoms with Crippen molar-refractivity contribution in [3.05, 3.63) is 11.8 Å². The lowest BCUT2D eigenvalue weighted by molar-refractivity contribution is 0.130. The molecule has 0 spiro atoms. The molecule has 0 aromatic carbocycles. The molecule has 0 aromatic heterocycles. The molecule has 0 radical (unpaired) electrons. The van der Waals surface area contributed by atoms with E-state index in [0.29, 0.717) is 17.4 Å². The smallest absolute Gasteiger partial charge is 0.0666 e. The second-order valence-corrected chi connectivity index (χ2v) is 6.61. The van der Waals surface area contributed by atoms with E-state index < -0.39 is 0 Å². The molecule has 18 heavy (non-hydrogen) atoms. The molecule has 0 unspecified atom stereocenters. The minimum Gasteiger partial charge on any atom is -0.383 e. The summed E-state index contributed by atoms with van der Waals surface area (Å²) in [5.74, 6) is 0.608. The Morgan fingerprint density at radius 3 is 2.61 bits per heavy atom. The zero-order chi connectivity index (χ0) is 13.8. The Labute approximate surface area is 113 Å². The van der Waals surface area contributed by atoms with Crippen LogP contribution in [0.3, 0.4) is 0 Å². The van der Waals surface area contributed by atoms with Crippen molar-refractivity contribution in [3.8, 4) is 0 Å². The largest absolute Gasteiger partial charge is 0.383 e. The van der Waals surface area contributed by atoms with Crippen LogP contribution >= 0.6 is 0 Å². The second-order valence-electron chi connectivity index (χ2n) is 6.61. The van der Waals surface area contributed by atoms with Gasteiger partial charge in [0.1, 0.15) is 0 Å². The highest BCUT2D eigenvalue weighted by Gasteiger charge is 2.27. The van der Waals surface area contributed by atoms with E-state index in [-0.39, 0.29) is 0 Å². The van der Waals surface area contributed by atoms with Crippen LogP contribution < -0.4 is 0 Å². The Hall–Kier alpha value is -0.500. The van der Waals surface area contributed by atoms with Gasteiger partial charge in [-0.05, 0) is 30.6 Å². The summed E-state index contributed by atoms with van der Waals surface area (Å²) in [4.78, 5) is 2.58. The first-order valence-corrected chi connectivity index (χ1v) is 7.36. The number of methoxy groups -OCH3 is 1. The van der Waals surface area contributed by atoms with Gasteiger partial charge in [0, 0.05) is 19.4 Å². The van der Waals surface area contributed by atoms with Crippen molar-refractivity contribution in [2.45, 2.75) is 59.9 Å². The molecular formula is C16H31NO. The van der Waals surface area contributed by atoms with E-state index in [4.69, 9.17) is 4.74 Å². The lowest BCUT2D eigenvalue weighted by atomic mass is 9.81. The van der Waals surface area contributed by atoms with E-state index in [1.807, 2.05) is 7.11 Å². The number of ether oxygens (including phenoxy) is 1. The average molecular weight is 253 g/mol. The van der Waals surface area contributed by atoms with Gasteiger partial charge in [-0.25, -0.2) is 0 Å². The number of likely N-dealkylation sites (tertiary alicyclic amines) is 1. The molecule has 0 aromatic rings. The van der Waals surface area contributed by atoms with Crippen LogP contribution in [0.2, 0.25) is 0 Å². The van der Waals surface area contributed by atoms with Gasteiger partial charge in [-0.15, -0.1) is 0 Å². The van der Waals surface area contributed by atoms with Gasteiger partial charge in [0.05, 0.1) is 12.6 Å². The van der Waals surface area contributed by atoms with Crippen LogP contribution in [0, 0.1) is 11.3 Å². The first kappa shape index (κ1) is 15.6. The van der Waals surface area contributed by atoms with Crippen LogP contribution in [0.4, 0.5) is 0 Å². The van der Waals surface area contributed by atoms with E-state index in [2.05, 4.69) is 45.6 Å². The topological polar surface area (TPSA) is 12.5 Å². The standard InChI is InChI=1S/C16H31NO/c1-7-14(11-13(2)16(3,4)5)17-10-8-9-15(17)12-18-6/h11,13,15H,7-10,12H2,1-6H3/b14-11-/t13-,15-/m0/s1. The maximum atomic E-state index is 5.35. The summed E-state index contributed by atoms with van der Waals surface area (Å²) in [6.07, 6.45) is 6.18. The van der Waals surface area contributed by atoms with E-state index in [9.17, 15) is 0 Å². The Morgan fingerprint density at radius 2 is 2.11 bits per heavy atom. The SMILES string of the molecule is CC/C(=C/[C@H](C)C(C)(C)C)N1CCC[C@H]1COC. The van der Waals surface area contributed by atoms with E-state index in [1.54, 1.807) is 0 Å². The third-order valence-electron chi connectivity index (χ3n) is 4.28. The maximum Gasteiger partial charge on any atom is 0.0666 e. The third-order valence-corrected chi connectivity index (χ3v) is 4.28. The highest BCUT2D eigenvalue weighted by Crippen LogP contribution is 2.31. The first-order chi connectivity index (χ1) is 8.40. The summed E-state index contributed by atoms with van der Waals surface area (Å²) in [7, 11) is 1.81. The van der Waals surface area contributed by atoms with Crippen molar-refractivity contribution >= 4 is 0 Å². The summed E-state index contributed by atoms with van der Waals surface area (Å²) < 4.78 is 5.35. The predicted octanol–water partition coefficient (Wildman–Crippen LogP) is 4.07. The van der Waals surface area contributed by atoms with E-state index in [1.165, 1.54) is 25.1 Å². The fourth-order valence-corrected chi connectivity index (χ4v) is 2.53. The van der Waals surface area contributed by atoms with Crippen molar-refractivity contribution in [1.82, 2.24) is 4.90 Å². The molecule has 106 valence electrons. The van der Waals surface area contributed by atoms with Gasteiger partial charge in [0.2, 0.25) is 0 Å². The molecular weight excluding hydrogens is 222 g/mol. The number of nitrogens with zero attached hydrogens (tertiary/aromatic N) is 1. The zero-order valence-corrected chi connectivity index (χ0v) is 13.1. The van der Waals surface area contributed by atoms with Gasteiger partial charge in [0.25, 0.3) is 0 Å². The van der Waals surface area contributed by atoms with Crippen molar-refractivity contribution in [2.75, 3.05) is 20.3 Å². The summed E-state index contributed by atoms with van der Waals surface area (Å²) in [5.41, 5.74) is 1.86. The Morgan fingerprint density at radius 1 is 1.44 bits per heavy atom. The number of hydrogen-bond donors (Lipinski definition) is 0. The number of rotatable bonds is 5. The molecule has 0 saturated carbocycles. The molecule has 2 heteroatoms. The van der Waals surface area contributed by atoms with E-state index >= 15 is 0 Å². The van der Waals surface area contributed by atoms with Gasteiger partial charge < -0.3 is 9.64 Å². The molecule has 1 fully saturated rings. The average Bonchev–Trinajstić information content (AvgIpc) is 2.73. The molecule has 0 bridgehead atoms. The van der Waals surface area contributed by atoms with Crippen LogP contribution in [0.5, 0.6) is 0 Å². The number of allylic oxidation sites excluding steroid dienone is 2. The van der Waals surface area contributed by atoms with Gasteiger partial charge in [0.15, 0.2) is 0 Å². The fraction of sp³-hybridized carbons (Fsp3) is 0.875. The van der Waals surface area contributed by atoms with Crippen LogP contribution in [-0.4, -0.2) is 31.2 Å². The number of hydrogen-bond acceptors (Lipinski definition) is 2. The van der Waals surface area contributed by atoms with Gasteiger partial charge in [-0.3, -0.25) is 0 Å². The lowest BCUT2D eigenvalue weighted by Crippen LogP contribution is -2.32. The summed E-state index contributed by atoms with van der Waals surface area (Å²) in [6, 6.07) is 0.591. The summed E-state index contributed by atoms with van der Waals surface area (Å²) >= 11 is 0. The Balaban J connectivity index is 2.79. The van der Waals surface area contributed by atoms with Crippen molar-refractivity contribution in [3.63, 3.8) is 0 Å². The Kier molecular flexibility index (Phi) is 5.71. The molecule has 0 aliphatic carbocycles. The fourth-order valence-electron chi connectivity index (χ4n) is 2.53. The molecule has 2 nitrogen and oxygen atoms in total. The van der Waals surface area contributed by atoms with Crippen LogP contribution in [0.15, 0.2) is 11.8 Å². The highest BCUT2D eigenvalue weighted by molar-refractivity contribution is 5.08. The predicted molar refractivity (Wildman–Crippen MR) is 78.6 cm³/mol. The molecule has 1 heterocycles. The molecule has 1 aliphatic heterocycles. The summed E-state index contributed by atoms with van der Waals surface area (Å²) in [6.45, 7) is 13.6. The first-order valence-electron chi connectivity index (χ1n) is 7.36. The Bertz CT molecular complexity index is 277. The molecule has 1 saturated heterocycles. The van der Waals surface area contributed by atoms with Crippen molar-refractivity contribution in [1.29, 1.82) is 0 Å². The summed E-state index contributed by atoms with van der Waals surface area (Å²) in [5, 5.41) is 0. The second kappa shape index (κ2) is 6.60. The highest BCUT2D eigenvalue weighted by atomic mass is 16.5. The van der Waals surface area contributed by atoms with Crippen molar-refractivity contribution in [2.24, 2.45) is 11.3 Å². The maximum absolute atomic E-state index is 5.35. The zero-order valence-electron chi connectivity index (χ0n) is 13.1. The monoisotopic (exact) mass is 253 g/mol. The van der Waals surface area contributed by atoms with Gasteiger partial charge >= 0.3 is 0 Å². The molecule has 2 atom stereocenters. The molecule has 0 amide bonds. The van der Waals surface area contributed by atoms with E-state index in [0.717, 1.165) is 13.0 Å². The van der Waals surface area contributed by atoms with Crippen LogP contribution in [0.25, 0.3) is 0 Å². The molecule has 1 aliphatic rings. The van der Waals surface area contributed by atoms with Crippen LogP contribution in [-0.2, 0) is 4.74 Å². The quantitative estimate of drug-likeness (QED) is 0.732. The van der Waals surface area contributed by atoms with Crippen LogP contribution in [0.1, 0.15) is 53.9 Å². The third kappa shape index (κ3) is 4.01. The minimum atomic E-state index is 0.344. The molecule has 1 rings (SSSR count). The minimum absolute atomic E-state index is 0.344.